The van der Waals surface area contributed by atoms with Gasteiger partial charge in [-0.1, -0.05) is 101 Å². The average molecular weight is 572 g/mol. The standard InChI is InChI=1S/C35H36F3N3O/c1-32(2,3)22-33(4,5)26-19-27(34(6,23-13-9-7-10-14-23)24-15-11-8-12-16-24)31(42)30(21-26)41-39-28-18-17-25(35(36,37)38)20-29(28)40-41/h7-21,42H,22H2,1-6H3. The third kappa shape index (κ3) is 5.52. The van der Waals surface area contributed by atoms with E-state index in [0.717, 1.165) is 35.2 Å². The summed E-state index contributed by atoms with van der Waals surface area (Å²) in [5.74, 6) is -0.0307. The van der Waals surface area contributed by atoms with Crippen LogP contribution in [0.5, 0.6) is 5.75 Å². The lowest BCUT2D eigenvalue weighted by Crippen LogP contribution is -2.29. The Bertz CT molecular complexity index is 1680. The van der Waals surface area contributed by atoms with Gasteiger partial charge in [-0.25, -0.2) is 0 Å². The summed E-state index contributed by atoms with van der Waals surface area (Å²) >= 11 is 0. The second kappa shape index (κ2) is 10.3. The summed E-state index contributed by atoms with van der Waals surface area (Å²) in [4.78, 5) is 1.26. The Balaban J connectivity index is 1.82. The van der Waals surface area contributed by atoms with Gasteiger partial charge in [-0.15, -0.1) is 15.0 Å². The smallest absolute Gasteiger partial charge is 0.416 e. The van der Waals surface area contributed by atoms with Crippen molar-refractivity contribution in [1.29, 1.82) is 0 Å². The fraction of sp³-hybridized carbons (Fsp3) is 0.314. The van der Waals surface area contributed by atoms with Crippen molar-refractivity contribution in [3.8, 4) is 11.4 Å². The van der Waals surface area contributed by atoms with E-state index in [4.69, 9.17) is 0 Å². The molecule has 5 rings (SSSR count). The first-order valence-corrected chi connectivity index (χ1v) is 14.0. The molecule has 0 amide bonds. The van der Waals surface area contributed by atoms with Crippen LogP contribution in [0.3, 0.4) is 0 Å². The summed E-state index contributed by atoms with van der Waals surface area (Å²) in [5.41, 5.74) is 2.42. The molecule has 0 aliphatic rings. The first-order valence-electron chi connectivity index (χ1n) is 14.0. The molecule has 5 aromatic rings. The SMILES string of the molecule is CC(C)(C)CC(C)(C)c1cc(-n2nc3ccc(C(F)(F)F)cc3n2)c(O)c(C(C)(c2ccccc2)c2ccccc2)c1. The third-order valence-corrected chi connectivity index (χ3v) is 8.01. The van der Waals surface area contributed by atoms with E-state index in [-0.39, 0.29) is 22.1 Å². The highest BCUT2D eigenvalue weighted by Gasteiger charge is 2.38. The molecule has 0 bridgehead atoms. The van der Waals surface area contributed by atoms with E-state index in [1.807, 2.05) is 66.7 Å². The molecule has 0 fully saturated rings. The molecule has 0 aliphatic carbocycles. The zero-order valence-corrected chi connectivity index (χ0v) is 24.8. The molecule has 0 saturated carbocycles. The Labute approximate surface area is 244 Å². The van der Waals surface area contributed by atoms with E-state index < -0.39 is 17.2 Å². The van der Waals surface area contributed by atoms with Crippen LogP contribution < -0.4 is 0 Å². The van der Waals surface area contributed by atoms with Crippen LogP contribution in [0.25, 0.3) is 16.7 Å². The van der Waals surface area contributed by atoms with E-state index in [2.05, 4.69) is 57.8 Å². The molecule has 7 heteroatoms. The molecule has 0 spiro atoms. The lowest BCUT2D eigenvalue weighted by molar-refractivity contribution is -0.137. The minimum Gasteiger partial charge on any atom is -0.505 e. The molecule has 0 aliphatic heterocycles. The van der Waals surface area contributed by atoms with Crippen molar-refractivity contribution in [3.63, 3.8) is 0 Å². The molecule has 218 valence electrons. The highest BCUT2D eigenvalue weighted by Crippen LogP contribution is 2.47. The summed E-state index contributed by atoms with van der Waals surface area (Å²) in [6.45, 7) is 13.0. The molecule has 4 aromatic carbocycles. The predicted octanol–water partition coefficient (Wildman–Crippen LogP) is 9.21. The van der Waals surface area contributed by atoms with Crippen molar-refractivity contribution in [2.45, 2.75) is 65.0 Å². The van der Waals surface area contributed by atoms with Gasteiger partial charge in [-0.05, 0) is 65.1 Å². The second-order valence-electron chi connectivity index (χ2n) is 13.1. The van der Waals surface area contributed by atoms with Crippen molar-refractivity contribution in [1.82, 2.24) is 15.0 Å². The van der Waals surface area contributed by atoms with Crippen molar-refractivity contribution in [3.05, 3.63) is 119 Å². The summed E-state index contributed by atoms with van der Waals surface area (Å²) in [5, 5.41) is 21.0. The predicted molar refractivity (Wildman–Crippen MR) is 161 cm³/mol. The lowest BCUT2D eigenvalue weighted by atomic mass is 9.67. The summed E-state index contributed by atoms with van der Waals surface area (Å²) in [6.07, 6.45) is -3.65. The van der Waals surface area contributed by atoms with Gasteiger partial charge in [0.15, 0.2) is 0 Å². The molecule has 0 radical (unpaired) electrons. The number of aromatic nitrogens is 3. The number of aromatic hydroxyl groups is 1. The molecule has 0 atom stereocenters. The molecule has 0 unspecified atom stereocenters. The maximum Gasteiger partial charge on any atom is 0.416 e. The molecule has 1 heterocycles. The molecular weight excluding hydrogens is 535 g/mol. The van der Waals surface area contributed by atoms with Gasteiger partial charge in [0.25, 0.3) is 0 Å². The van der Waals surface area contributed by atoms with Gasteiger partial charge in [0, 0.05) is 11.0 Å². The van der Waals surface area contributed by atoms with Gasteiger partial charge >= 0.3 is 6.18 Å². The summed E-state index contributed by atoms with van der Waals surface area (Å²) < 4.78 is 40.3. The summed E-state index contributed by atoms with van der Waals surface area (Å²) in [6, 6.07) is 27.2. The van der Waals surface area contributed by atoms with Gasteiger partial charge in [0.1, 0.15) is 22.5 Å². The number of phenolic OH excluding ortho intramolecular Hbond substituents is 1. The van der Waals surface area contributed by atoms with Crippen LogP contribution >= 0.6 is 0 Å². The number of hydrogen-bond acceptors (Lipinski definition) is 3. The van der Waals surface area contributed by atoms with Crippen LogP contribution in [0.4, 0.5) is 13.2 Å². The zero-order chi connectivity index (χ0) is 30.5. The Morgan fingerprint density at radius 3 is 1.71 bits per heavy atom. The number of benzene rings is 4. The number of fused-ring (bicyclic) bond motifs is 1. The maximum atomic E-state index is 13.4. The van der Waals surface area contributed by atoms with Crippen LogP contribution in [0.2, 0.25) is 0 Å². The maximum absolute atomic E-state index is 13.4. The third-order valence-electron chi connectivity index (χ3n) is 8.01. The largest absolute Gasteiger partial charge is 0.505 e. The first-order chi connectivity index (χ1) is 19.6. The lowest BCUT2D eigenvalue weighted by Gasteiger charge is -2.37. The molecule has 4 nitrogen and oxygen atoms in total. The Morgan fingerprint density at radius 2 is 1.19 bits per heavy atom. The van der Waals surface area contributed by atoms with Crippen molar-refractivity contribution < 1.29 is 18.3 Å². The molecular formula is C35H36F3N3O. The number of nitrogens with zero attached hydrogens (tertiary/aromatic N) is 3. The van der Waals surface area contributed by atoms with Crippen molar-refractivity contribution in [2.75, 3.05) is 0 Å². The number of phenols is 1. The van der Waals surface area contributed by atoms with Crippen LogP contribution in [-0.2, 0) is 17.0 Å². The Kier molecular flexibility index (Phi) is 7.20. The topological polar surface area (TPSA) is 50.9 Å². The minimum atomic E-state index is -4.50. The average Bonchev–Trinajstić information content (AvgIpc) is 3.35. The van der Waals surface area contributed by atoms with Gasteiger partial charge in [-0.3, -0.25) is 0 Å². The Hall–Kier alpha value is -4.13. The van der Waals surface area contributed by atoms with Gasteiger partial charge in [0.05, 0.1) is 5.56 Å². The van der Waals surface area contributed by atoms with Crippen molar-refractivity contribution >= 4 is 11.0 Å². The van der Waals surface area contributed by atoms with Gasteiger partial charge in [0.2, 0.25) is 0 Å². The normalized spacial score (nSPS) is 13.1. The van der Waals surface area contributed by atoms with Crippen LogP contribution in [-0.4, -0.2) is 20.1 Å². The van der Waals surface area contributed by atoms with Crippen LogP contribution in [0, 0.1) is 5.41 Å². The molecule has 0 saturated heterocycles. The fourth-order valence-corrected chi connectivity index (χ4v) is 6.19. The molecule has 1 aromatic heterocycles. The van der Waals surface area contributed by atoms with E-state index in [0.29, 0.717) is 16.8 Å². The summed E-state index contributed by atoms with van der Waals surface area (Å²) in [7, 11) is 0. The van der Waals surface area contributed by atoms with Crippen LogP contribution in [0.15, 0.2) is 91.0 Å². The van der Waals surface area contributed by atoms with Crippen LogP contribution in [0.1, 0.15) is 75.8 Å². The zero-order valence-electron chi connectivity index (χ0n) is 24.8. The highest BCUT2D eigenvalue weighted by atomic mass is 19.4. The Morgan fingerprint density at radius 1 is 0.643 bits per heavy atom. The second-order valence-corrected chi connectivity index (χ2v) is 13.1. The quantitative estimate of drug-likeness (QED) is 0.207. The number of halogens is 3. The van der Waals surface area contributed by atoms with Gasteiger partial charge < -0.3 is 5.11 Å². The first kappa shape index (κ1) is 29.4. The van der Waals surface area contributed by atoms with E-state index in [1.165, 1.54) is 10.9 Å². The monoisotopic (exact) mass is 571 g/mol. The van der Waals surface area contributed by atoms with E-state index >= 15 is 0 Å². The van der Waals surface area contributed by atoms with E-state index in [9.17, 15) is 18.3 Å². The molecule has 42 heavy (non-hydrogen) atoms. The minimum absolute atomic E-state index is 0.0104. The number of rotatable bonds is 6. The fourth-order valence-electron chi connectivity index (χ4n) is 6.19. The van der Waals surface area contributed by atoms with E-state index in [1.54, 1.807) is 0 Å². The van der Waals surface area contributed by atoms with Crippen molar-refractivity contribution in [2.24, 2.45) is 5.41 Å². The molecule has 1 N–H and O–H groups in total. The van der Waals surface area contributed by atoms with Gasteiger partial charge in [-0.2, -0.15) is 13.2 Å². The number of hydrogen-bond donors (Lipinski definition) is 1. The highest BCUT2D eigenvalue weighted by molar-refractivity contribution is 5.75. The number of alkyl halides is 3.